The number of benzene rings is 1. The Labute approximate surface area is 126 Å². The van der Waals surface area contributed by atoms with Crippen LogP contribution in [-0.4, -0.2) is 10.8 Å². The van der Waals surface area contributed by atoms with Crippen LogP contribution in [0.2, 0.25) is 5.02 Å². The van der Waals surface area contributed by atoms with E-state index in [-0.39, 0.29) is 5.84 Å². The lowest BCUT2D eigenvalue weighted by Crippen LogP contribution is -2.11. The molecule has 0 unspecified atom stereocenters. The summed E-state index contributed by atoms with van der Waals surface area (Å²) in [6, 6.07) is 7.27. The van der Waals surface area contributed by atoms with E-state index in [0.29, 0.717) is 23.3 Å². The lowest BCUT2D eigenvalue weighted by Gasteiger charge is -2.03. The van der Waals surface area contributed by atoms with Gasteiger partial charge in [0.15, 0.2) is 0 Å². The Balaban J connectivity index is 1.74. The molecule has 1 aromatic carbocycles. The molecule has 1 heterocycles. The third kappa shape index (κ3) is 2.94. The number of rotatable bonds is 5. The summed E-state index contributed by atoms with van der Waals surface area (Å²) >= 11 is 7.35. The smallest absolute Gasteiger partial charge is 0.140 e. The number of nitrogens with zero attached hydrogens (tertiary/aromatic N) is 1. The number of nitrogens with two attached hydrogens (primary N) is 1. The van der Waals surface area contributed by atoms with Crippen molar-refractivity contribution in [2.45, 2.75) is 25.4 Å². The van der Waals surface area contributed by atoms with Crippen molar-refractivity contribution in [3.8, 4) is 5.75 Å². The summed E-state index contributed by atoms with van der Waals surface area (Å²) in [5.41, 5.74) is 6.58. The number of nitrogens with one attached hydrogen (secondary N) is 1. The number of nitrogen functional groups attached to an aromatic ring is 1. The fourth-order valence-corrected chi connectivity index (χ4v) is 3.07. The second-order valence-electron chi connectivity index (χ2n) is 4.76. The van der Waals surface area contributed by atoms with Gasteiger partial charge in [0.05, 0.1) is 10.6 Å². The van der Waals surface area contributed by atoms with E-state index in [4.69, 9.17) is 27.5 Å². The summed E-state index contributed by atoms with van der Waals surface area (Å²) in [6.45, 7) is 0.373. The van der Waals surface area contributed by atoms with Gasteiger partial charge in [-0.1, -0.05) is 17.7 Å². The van der Waals surface area contributed by atoms with E-state index in [1.54, 1.807) is 12.1 Å². The zero-order valence-electron chi connectivity index (χ0n) is 10.7. The van der Waals surface area contributed by atoms with Crippen LogP contribution in [0.5, 0.6) is 5.75 Å². The van der Waals surface area contributed by atoms with Gasteiger partial charge in [0.25, 0.3) is 0 Å². The zero-order chi connectivity index (χ0) is 14.1. The van der Waals surface area contributed by atoms with Crippen LogP contribution in [0, 0.1) is 5.41 Å². The van der Waals surface area contributed by atoms with Crippen LogP contribution < -0.4 is 10.5 Å². The van der Waals surface area contributed by atoms with Gasteiger partial charge >= 0.3 is 0 Å². The summed E-state index contributed by atoms with van der Waals surface area (Å²) in [5, 5.41) is 9.11. The molecule has 3 N–H and O–H groups in total. The van der Waals surface area contributed by atoms with Gasteiger partial charge in [0.2, 0.25) is 0 Å². The van der Waals surface area contributed by atoms with Gasteiger partial charge in [0, 0.05) is 10.9 Å². The molecule has 3 rings (SSSR count). The van der Waals surface area contributed by atoms with Gasteiger partial charge in [-0.25, -0.2) is 4.98 Å². The summed E-state index contributed by atoms with van der Waals surface area (Å²) in [5.74, 6) is 1.29. The minimum Gasteiger partial charge on any atom is -0.486 e. The lowest BCUT2D eigenvalue weighted by molar-refractivity contribution is 0.305. The molecular formula is C14H14ClN3OS. The molecule has 1 aromatic heterocycles. The number of halogens is 1. The van der Waals surface area contributed by atoms with Crippen molar-refractivity contribution < 1.29 is 4.74 Å². The molecule has 20 heavy (non-hydrogen) atoms. The average molecular weight is 308 g/mol. The highest BCUT2D eigenvalue weighted by Crippen LogP contribution is 2.42. The largest absolute Gasteiger partial charge is 0.486 e. The SMILES string of the molecule is N=C(N)c1sc(COc2cccc(Cl)c2)nc1C1CC1. The second kappa shape index (κ2) is 5.42. The van der Waals surface area contributed by atoms with Gasteiger partial charge in [-0.05, 0) is 31.0 Å². The normalized spacial score (nSPS) is 14.2. The van der Waals surface area contributed by atoms with E-state index in [0.717, 1.165) is 28.4 Å². The number of amidine groups is 1. The fourth-order valence-electron chi connectivity index (χ4n) is 1.97. The molecule has 104 valence electrons. The number of ether oxygens (including phenoxy) is 1. The molecule has 2 aromatic rings. The van der Waals surface area contributed by atoms with Crippen molar-refractivity contribution >= 4 is 28.8 Å². The second-order valence-corrected chi connectivity index (χ2v) is 6.28. The van der Waals surface area contributed by atoms with Crippen LogP contribution >= 0.6 is 22.9 Å². The molecule has 1 fully saturated rings. The average Bonchev–Trinajstić information content (AvgIpc) is 3.16. The number of aromatic nitrogens is 1. The number of thiazole rings is 1. The Kier molecular flexibility index (Phi) is 3.63. The maximum absolute atomic E-state index is 7.62. The summed E-state index contributed by atoms with van der Waals surface area (Å²) < 4.78 is 5.67. The molecule has 0 spiro atoms. The van der Waals surface area contributed by atoms with Gasteiger partial charge in [-0.15, -0.1) is 11.3 Å². The van der Waals surface area contributed by atoms with E-state index in [9.17, 15) is 0 Å². The van der Waals surface area contributed by atoms with Crippen LogP contribution in [0.25, 0.3) is 0 Å². The predicted octanol–water partition coefficient (Wildman–Crippen LogP) is 3.54. The van der Waals surface area contributed by atoms with Gasteiger partial charge in [0.1, 0.15) is 23.2 Å². The highest BCUT2D eigenvalue weighted by molar-refractivity contribution is 7.13. The summed E-state index contributed by atoms with van der Waals surface area (Å²) in [6.07, 6.45) is 2.28. The first-order valence-corrected chi connectivity index (χ1v) is 7.55. The quantitative estimate of drug-likeness (QED) is 0.655. The Morgan fingerprint density at radius 2 is 2.30 bits per heavy atom. The van der Waals surface area contributed by atoms with Crippen LogP contribution in [0.3, 0.4) is 0 Å². The van der Waals surface area contributed by atoms with Crippen molar-refractivity contribution in [3.05, 3.63) is 44.9 Å². The van der Waals surface area contributed by atoms with Crippen LogP contribution in [0.1, 0.15) is 34.3 Å². The first kappa shape index (κ1) is 13.4. The zero-order valence-corrected chi connectivity index (χ0v) is 12.3. The molecule has 0 aliphatic heterocycles. The van der Waals surface area contributed by atoms with Crippen molar-refractivity contribution in [1.29, 1.82) is 5.41 Å². The van der Waals surface area contributed by atoms with E-state index in [2.05, 4.69) is 4.98 Å². The van der Waals surface area contributed by atoms with E-state index < -0.39 is 0 Å². The Morgan fingerprint density at radius 3 is 2.95 bits per heavy atom. The third-order valence-corrected chi connectivity index (χ3v) is 4.38. The molecule has 0 atom stereocenters. The van der Waals surface area contributed by atoms with Crippen LogP contribution in [0.15, 0.2) is 24.3 Å². The molecule has 0 amide bonds. The highest BCUT2D eigenvalue weighted by atomic mass is 35.5. The van der Waals surface area contributed by atoms with Gasteiger partial charge in [-0.3, -0.25) is 5.41 Å². The van der Waals surface area contributed by atoms with Crippen molar-refractivity contribution in [2.24, 2.45) is 5.73 Å². The molecule has 0 saturated heterocycles. The van der Waals surface area contributed by atoms with Crippen LogP contribution in [-0.2, 0) is 6.61 Å². The molecule has 6 heteroatoms. The Morgan fingerprint density at radius 1 is 1.50 bits per heavy atom. The maximum atomic E-state index is 7.62. The van der Waals surface area contributed by atoms with Crippen molar-refractivity contribution in [3.63, 3.8) is 0 Å². The van der Waals surface area contributed by atoms with Crippen molar-refractivity contribution in [1.82, 2.24) is 4.98 Å². The monoisotopic (exact) mass is 307 g/mol. The minimum atomic E-state index is 0.0957. The molecular weight excluding hydrogens is 294 g/mol. The van der Waals surface area contributed by atoms with Gasteiger partial charge < -0.3 is 10.5 Å². The minimum absolute atomic E-state index is 0.0957. The number of hydrogen-bond acceptors (Lipinski definition) is 4. The molecule has 1 saturated carbocycles. The third-order valence-electron chi connectivity index (χ3n) is 3.06. The summed E-state index contributed by atoms with van der Waals surface area (Å²) in [7, 11) is 0. The Hall–Kier alpha value is -1.59. The number of hydrogen-bond donors (Lipinski definition) is 2. The van der Waals surface area contributed by atoms with E-state index >= 15 is 0 Å². The molecule has 1 aliphatic rings. The van der Waals surface area contributed by atoms with Gasteiger partial charge in [-0.2, -0.15) is 0 Å². The lowest BCUT2D eigenvalue weighted by atomic mass is 10.2. The molecule has 4 nitrogen and oxygen atoms in total. The molecule has 0 bridgehead atoms. The van der Waals surface area contributed by atoms with Crippen LogP contribution in [0.4, 0.5) is 0 Å². The fraction of sp³-hybridized carbons (Fsp3) is 0.286. The predicted molar refractivity (Wildman–Crippen MR) is 80.9 cm³/mol. The first-order valence-electron chi connectivity index (χ1n) is 6.36. The van der Waals surface area contributed by atoms with E-state index in [1.807, 2.05) is 12.1 Å². The molecule has 0 radical (unpaired) electrons. The summed E-state index contributed by atoms with van der Waals surface area (Å²) in [4.78, 5) is 5.36. The van der Waals surface area contributed by atoms with Crippen molar-refractivity contribution in [2.75, 3.05) is 0 Å². The van der Waals surface area contributed by atoms with E-state index in [1.165, 1.54) is 11.3 Å². The topological polar surface area (TPSA) is 72.0 Å². The maximum Gasteiger partial charge on any atom is 0.140 e. The Bertz CT molecular complexity index is 652. The standard InChI is InChI=1S/C14H14ClN3OS/c15-9-2-1-3-10(6-9)19-7-11-18-12(8-4-5-8)13(20-11)14(16)17/h1-3,6,8H,4-5,7H2,(H3,16,17). The first-order chi connectivity index (χ1) is 9.63. The molecule has 1 aliphatic carbocycles. The highest BCUT2D eigenvalue weighted by Gasteiger charge is 2.30.